The average molecular weight is 276 g/mol. The Hall–Kier alpha value is -1.55. The summed E-state index contributed by atoms with van der Waals surface area (Å²) in [6, 6.07) is 7.66. The lowest BCUT2D eigenvalue weighted by atomic mass is 10.1. The molecule has 0 aliphatic heterocycles. The molecule has 1 fully saturated rings. The summed E-state index contributed by atoms with van der Waals surface area (Å²) >= 11 is 0. The van der Waals surface area contributed by atoms with Crippen molar-refractivity contribution in [2.45, 2.75) is 26.2 Å². The molecule has 0 radical (unpaired) electrons. The zero-order valence-corrected chi connectivity index (χ0v) is 12.4. The van der Waals surface area contributed by atoms with E-state index in [4.69, 9.17) is 0 Å². The molecule has 1 aromatic rings. The van der Waals surface area contributed by atoms with Gasteiger partial charge in [0.15, 0.2) is 0 Å². The Morgan fingerprint density at radius 3 is 2.50 bits per heavy atom. The minimum absolute atomic E-state index is 0.0447. The maximum atomic E-state index is 12.0. The van der Waals surface area contributed by atoms with Crippen molar-refractivity contribution >= 4 is 11.6 Å². The highest BCUT2D eigenvalue weighted by atomic mass is 16.3. The minimum atomic E-state index is -0.0607. The van der Waals surface area contributed by atoms with Crippen LogP contribution in [0.1, 0.15) is 36.5 Å². The quantitative estimate of drug-likeness (QED) is 0.801. The number of hydrogen-bond donors (Lipinski definition) is 2. The van der Waals surface area contributed by atoms with Gasteiger partial charge in [0, 0.05) is 36.8 Å². The second-order valence-corrected chi connectivity index (χ2v) is 5.81. The van der Waals surface area contributed by atoms with Crippen molar-refractivity contribution in [3.8, 4) is 0 Å². The van der Waals surface area contributed by atoms with Crippen LogP contribution in [0, 0.1) is 5.41 Å². The number of hydrogen-bond acceptors (Lipinski definition) is 3. The van der Waals surface area contributed by atoms with Crippen molar-refractivity contribution in [2.75, 3.05) is 31.6 Å². The van der Waals surface area contributed by atoms with Gasteiger partial charge in [-0.15, -0.1) is 0 Å². The molecule has 0 unspecified atom stereocenters. The summed E-state index contributed by atoms with van der Waals surface area (Å²) in [5, 5.41) is 12.1. The van der Waals surface area contributed by atoms with Crippen molar-refractivity contribution < 1.29 is 9.90 Å². The molecule has 1 aliphatic rings. The molecule has 0 atom stereocenters. The molecule has 1 aliphatic carbocycles. The van der Waals surface area contributed by atoms with Crippen LogP contribution >= 0.6 is 0 Å². The summed E-state index contributed by atoms with van der Waals surface area (Å²) < 4.78 is 0. The van der Waals surface area contributed by atoms with E-state index in [0.717, 1.165) is 31.5 Å². The molecule has 1 saturated carbocycles. The highest BCUT2D eigenvalue weighted by Gasteiger charge is 2.42. The highest BCUT2D eigenvalue weighted by Crippen LogP contribution is 2.44. The maximum absolute atomic E-state index is 12.0. The van der Waals surface area contributed by atoms with Crippen LogP contribution in [0.5, 0.6) is 0 Å². The van der Waals surface area contributed by atoms with Crippen molar-refractivity contribution in [3.05, 3.63) is 29.8 Å². The van der Waals surface area contributed by atoms with Crippen molar-refractivity contribution in [2.24, 2.45) is 5.41 Å². The predicted octanol–water partition coefficient (Wildman–Crippen LogP) is 2.04. The number of nitrogens with zero attached hydrogens (tertiary/aromatic N) is 1. The molecule has 110 valence electrons. The molecule has 20 heavy (non-hydrogen) atoms. The molecule has 4 heteroatoms. The number of carbonyl (C=O) groups is 1. The van der Waals surface area contributed by atoms with Gasteiger partial charge in [-0.3, -0.25) is 4.79 Å². The first-order valence-corrected chi connectivity index (χ1v) is 7.30. The fourth-order valence-electron chi connectivity index (χ4n) is 2.27. The number of anilines is 1. The van der Waals surface area contributed by atoms with E-state index >= 15 is 0 Å². The van der Waals surface area contributed by atoms with Gasteiger partial charge in [-0.25, -0.2) is 0 Å². The Balaban J connectivity index is 1.90. The third kappa shape index (κ3) is 3.51. The number of carbonyl (C=O) groups excluding carboxylic acids is 1. The smallest absolute Gasteiger partial charge is 0.251 e. The van der Waals surface area contributed by atoms with Crippen LogP contribution in [0.4, 0.5) is 5.69 Å². The van der Waals surface area contributed by atoms with Crippen LogP contribution < -0.4 is 10.2 Å². The SMILES string of the molecule is CCCN(C)c1ccc(C(=O)NCC2(CO)CC2)cc1. The van der Waals surface area contributed by atoms with Gasteiger partial charge >= 0.3 is 0 Å². The van der Waals surface area contributed by atoms with Gasteiger partial charge in [0.05, 0.1) is 6.61 Å². The number of benzene rings is 1. The Morgan fingerprint density at radius 2 is 2.00 bits per heavy atom. The fraction of sp³-hybridized carbons (Fsp3) is 0.562. The lowest BCUT2D eigenvalue weighted by molar-refractivity contribution is 0.0935. The van der Waals surface area contributed by atoms with E-state index in [1.165, 1.54) is 0 Å². The summed E-state index contributed by atoms with van der Waals surface area (Å²) in [5.41, 5.74) is 1.75. The van der Waals surface area contributed by atoms with Crippen molar-refractivity contribution in [3.63, 3.8) is 0 Å². The molecule has 0 bridgehead atoms. The molecule has 0 aromatic heterocycles. The first-order chi connectivity index (χ1) is 9.60. The largest absolute Gasteiger partial charge is 0.396 e. The van der Waals surface area contributed by atoms with Crippen LogP contribution in [-0.2, 0) is 0 Å². The van der Waals surface area contributed by atoms with Gasteiger partial charge in [-0.1, -0.05) is 6.92 Å². The van der Waals surface area contributed by atoms with Crippen LogP contribution in [0.3, 0.4) is 0 Å². The third-order valence-corrected chi connectivity index (χ3v) is 4.05. The number of aliphatic hydroxyl groups is 1. The number of nitrogens with one attached hydrogen (secondary N) is 1. The molecule has 0 spiro atoms. The standard InChI is InChI=1S/C16H24N2O2/c1-3-10-18(2)14-6-4-13(5-7-14)15(20)17-11-16(12-19)8-9-16/h4-7,19H,3,8-12H2,1-2H3,(H,17,20). The van der Waals surface area contributed by atoms with Crippen LogP contribution in [0.15, 0.2) is 24.3 Å². The lowest BCUT2D eigenvalue weighted by Gasteiger charge is -2.18. The number of rotatable bonds is 7. The average Bonchev–Trinajstić information content (AvgIpc) is 3.26. The lowest BCUT2D eigenvalue weighted by Crippen LogP contribution is -2.31. The monoisotopic (exact) mass is 276 g/mol. The molecule has 0 heterocycles. The van der Waals surface area contributed by atoms with E-state index in [1.807, 2.05) is 24.3 Å². The second-order valence-electron chi connectivity index (χ2n) is 5.81. The van der Waals surface area contributed by atoms with E-state index in [1.54, 1.807) is 0 Å². The van der Waals surface area contributed by atoms with Crippen LogP contribution in [-0.4, -0.2) is 37.8 Å². The summed E-state index contributed by atoms with van der Waals surface area (Å²) in [6.07, 6.45) is 3.11. The molecule has 4 nitrogen and oxygen atoms in total. The Kier molecular flexibility index (Phi) is 4.65. The van der Waals surface area contributed by atoms with Gasteiger partial charge < -0.3 is 15.3 Å². The molecular weight excluding hydrogens is 252 g/mol. The van der Waals surface area contributed by atoms with Gasteiger partial charge in [-0.2, -0.15) is 0 Å². The van der Waals surface area contributed by atoms with E-state index < -0.39 is 0 Å². The van der Waals surface area contributed by atoms with Crippen molar-refractivity contribution in [1.82, 2.24) is 5.32 Å². The second kappa shape index (κ2) is 6.27. The van der Waals surface area contributed by atoms with E-state index in [2.05, 4.69) is 24.2 Å². The predicted molar refractivity (Wildman–Crippen MR) is 81.1 cm³/mol. The normalized spacial score (nSPS) is 15.8. The Bertz CT molecular complexity index is 452. The molecule has 2 N–H and O–H groups in total. The first kappa shape index (κ1) is 14.9. The molecule has 1 amide bonds. The minimum Gasteiger partial charge on any atom is -0.396 e. The topological polar surface area (TPSA) is 52.6 Å². The summed E-state index contributed by atoms with van der Waals surface area (Å²) in [6.45, 7) is 3.88. The number of aliphatic hydroxyl groups excluding tert-OH is 1. The van der Waals surface area contributed by atoms with Gasteiger partial charge in [0.1, 0.15) is 0 Å². The molecular formula is C16H24N2O2. The van der Waals surface area contributed by atoms with Gasteiger partial charge in [0.2, 0.25) is 0 Å². The zero-order valence-electron chi connectivity index (χ0n) is 12.4. The summed E-state index contributed by atoms with van der Waals surface area (Å²) in [7, 11) is 2.05. The Morgan fingerprint density at radius 1 is 1.35 bits per heavy atom. The van der Waals surface area contributed by atoms with E-state index in [9.17, 15) is 9.90 Å². The first-order valence-electron chi connectivity index (χ1n) is 7.30. The molecule has 0 saturated heterocycles. The Labute approximate surface area is 120 Å². The number of amides is 1. The van der Waals surface area contributed by atoms with Gasteiger partial charge in [-0.05, 0) is 43.5 Å². The maximum Gasteiger partial charge on any atom is 0.251 e. The molecule has 1 aromatic carbocycles. The zero-order chi connectivity index (χ0) is 14.6. The fourth-order valence-corrected chi connectivity index (χ4v) is 2.27. The van der Waals surface area contributed by atoms with Crippen molar-refractivity contribution in [1.29, 1.82) is 0 Å². The van der Waals surface area contributed by atoms with E-state index in [0.29, 0.717) is 12.1 Å². The highest BCUT2D eigenvalue weighted by molar-refractivity contribution is 5.94. The summed E-state index contributed by atoms with van der Waals surface area (Å²) in [5.74, 6) is -0.0607. The molecule has 2 rings (SSSR count). The van der Waals surface area contributed by atoms with E-state index in [-0.39, 0.29) is 17.9 Å². The van der Waals surface area contributed by atoms with Gasteiger partial charge in [0.25, 0.3) is 5.91 Å². The van der Waals surface area contributed by atoms with Crippen LogP contribution in [0.25, 0.3) is 0 Å². The summed E-state index contributed by atoms with van der Waals surface area (Å²) in [4.78, 5) is 14.2. The third-order valence-electron chi connectivity index (χ3n) is 4.05. The van der Waals surface area contributed by atoms with Crippen LogP contribution in [0.2, 0.25) is 0 Å².